The number of dihydropyridines is 1. The first-order valence-corrected chi connectivity index (χ1v) is 9.27. The molecular weight excluding hydrogens is 308 g/mol. The molecule has 0 radical (unpaired) electrons. The van der Waals surface area contributed by atoms with Gasteiger partial charge in [0.15, 0.2) is 5.65 Å². The van der Waals surface area contributed by atoms with E-state index in [1.165, 1.54) is 43.4 Å². The molecule has 2 aromatic rings. The minimum atomic E-state index is 0.226. The lowest BCUT2D eigenvalue weighted by atomic mass is 9.87. The quantitative estimate of drug-likeness (QED) is 0.866. The highest BCUT2D eigenvalue weighted by atomic mass is 32.2. The molecule has 2 aromatic heterocycles. The van der Waals surface area contributed by atoms with E-state index in [0.29, 0.717) is 5.92 Å². The summed E-state index contributed by atoms with van der Waals surface area (Å²) < 4.78 is 1.66. The molecule has 0 fully saturated rings. The van der Waals surface area contributed by atoms with Crippen LogP contribution < -0.4 is 0 Å². The van der Waals surface area contributed by atoms with Crippen molar-refractivity contribution in [1.82, 2.24) is 25.0 Å². The lowest BCUT2D eigenvalue weighted by molar-refractivity contribution is 0.689. The Morgan fingerprint density at radius 3 is 3.22 bits per heavy atom. The molecule has 0 saturated heterocycles. The highest BCUT2D eigenvalue weighted by Gasteiger charge is 2.44. The second-order valence-electron chi connectivity index (χ2n) is 6.43. The van der Waals surface area contributed by atoms with Crippen molar-refractivity contribution in [2.75, 3.05) is 0 Å². The molecule has 1 aliphatic carbocycles. The Morgan fingerprint density at radius 2 is 2.30 bits per heavy atom. The van der Waals surface area contributed by atoms with Crippen molar-refractivity contribution in [3.63, 3.8) is 0 Å². The third-order valence-electron chi connectivity index (χ3n) is 5.09. The average molecular weight is 326 g/mol. The van der Waals surface area contributed by atoms with Crippen LogP contribution in [0.5, 0.6) is 0 Å². The van der Waals surface area contributed by atoms with Gasteiger partial charge in [-0.1, -0.05) is 30.7 Å². The number of unbranched alkanes of at least 4 members (excludes halogenated alkanes) is 1. The van der Waals surface area contributed by atoms with Gasteiger partial charge in [-0.05, 0) is 48.1 Å². The summed E-state index contributed by atoms with van der Waals surface area (Å²) >= 11 is 1.79. The molecule has 7 heteroatoms. The minimum absolute atomic E-state index is 0.226. The maximum Gasteiger partial charge on any atom is 0.196 e. The summed E-state index contributed by atoms with van der Waals surface area (Å²) in [4.78, 5) is 10.9. The molecule has 2 aliphatic heterocycles. The van der Waals surface area contributed by atoms with E-state index in [-0.39, 0.29) is 5.37 Å². The second kappa shape index (κ2) is 5.12. The monoisotopic (exact) mass is 326 g/mol. The first-order chi connectivity index (χ1) is 11.4. The predicted octanol–water partition coefficient (Wildman–Crippen LogP) is 3.16. The van der Waals surface area contributed by atoms with E-state index >= 15 is 0 Å². The zero-order chi connectivity index (χ0) is 15.4. The Kier molecular flexibility index (Phi) is 3.04. The van der Waals surface area contributed by atoms with Gasteiger partial charge in [0.1, 0.15) is 11.7 Å². The van der Waals surface area contributed by atoms with Gasteiger partial charge < -0.3 is 0 Å². The molecule has 0 saturated carbocycles. The Labute approximate surface area is 138 Å². The van der Waals surface area contributed by atoms with E-state index in [2.05, 4.69) is 27.4 Å². The number of rotatable bonds is 3. The summed E-state index contributed by atoms with van der Waals surface area (Å²) in [5.41, 5.74) is 6.44. The molecule has 0 spiro atoms. The summed E-state index contributed by atoms with van der Waals surface area (Å²) in [5.74, 6) is 0.333. The lowest BCUT2D eigenvalue weighted by Crippen LogP contribution is -2.21. The van der Waals surface area contributed by atoms with Crippen molar-refractivity contribution in [2.45, 2.75) is 61.6 Å². The van der Waals surface area contributed by atoms with E-state index in [9.17, 15) is 0 Å². The van der Waals surface area contributed by atoms with Crippen molar-refractivity contribution in [1.29, 1.82) is 0 Å². The summed E-state index contributed by atoms with van der Waals surface area (Å²) in [6.07, 6.45) is 8.94. The molecule has 118 valence electrons. The van der Waals surface area contributed by atoms with Crippen molar-refractivity contribution in [3.05, 3.63) is 23.2 Å². The van der Waals surface area contributed by atoms with Crippen LogP contribution in [0.25, 0.3) is 5.65 Å². The van der Waals surface area contributed by atoms with Crippen LogP contribution in [0.15, 0.2) is 27.4 Å². The molecule has 0 N–H and O–H groups in total. The van der Waals surface area contributed by atoms with Crippen LogP contribution in [0.2, 0.25) is 0 Å². The van der Waals surface area contributed by atoms with Gasteiger partial charge in [0.25, 0.3) is 0 Å². The number of fused-ring (bicyclic) bond motifs is 6. The molecular formula is C16H18N6S. The van der Waals surface area contributed by atoms with Crippen LogP contribution in [0.3, 0.4) is 0 Å². The Bertz CT molecular complexity index is 851. The molecule has 6 nitrogen and oxygen atoms in total. The van der Waals surface area contributed by atoms with Gasteiger partial charge >= 0.3 is 0 Å². The van der Waals surface area contributed by atoms with Gasteiger partial charge in [-0.3, -0.25) is 4.99 Å². The Hall–Kier alpha value is -1.76. The number of tetrazole rings is 1. The number of aromatic nitrogens is 5. The van der Waals surface area contributed by atoms with E-state index < -0.39 is 0 Å². The topological polar surface area (TPSA) is 68.3 Å². The van der Waals surface area contributed by atoms with Crippen LogP contribution in [-0.4, -0.2) is 36.1 Å². The van der Waals surface area contributed by atoms with Crippen molar-refractivity contribution >= 4 is 23.1 Å². The van der Waals surface area contributed by atoms with Crippen molar-refractivity contribution in [2.24, 2.45) is 4.99 Å². The van der Waals surface area contributed by atoms with Gasteiger partial charge in [0, 0.05) is 5.71 Å². The summed E-state index contributed by atoms with van der Waals surface area (Å²) in [6, 6.07) is 0. The molecule has 3 aliphatic rings. The smallest absolute Gasteiger partial charge is 0.196 e. The fourth-order valence-corrected chi connectivity index (χ4v) is 5.43. The van der Waals surface area contributed by atoms with E-state index in [4.69, 9.17) is 4.99 Å². The largest absolute Gasteiger partial charge is 0.274 e. The number of nitrogens with zero attached hydrogens (tertiary/aromatic N) is 6. The first kappa shape index (κ1) is 13.7. The van der Waals surface area contributed by atoms with Crippen molar-refractivity contribution < 1.29 is 0 Å². The van der Waals surface area contributed by atoms with Gasteiger partial charge in [-0.2, -0.15) is 4.52 Å². The van der Waals surface area contributed by atoms with Crippen LogP contribution in [0.4, 0.5) is 0 Å². The Balaban J connectivity index is 1.63. The second-order valence-corrected chi connectivity index (χ2v) is 7.56. The highest BCUT2D eigenvalue weighted by Crippen LogP contribution is 2.55. The molecule has 0 bridgehead atoms. The zero-order valence-electron chi connectivity index (χ0n) is 13.1. The van der Waals surface area contributed by atoms with Crippen LogP contribution in [0.1, 0.15) is 57.1 Å². The molecule has 0 unspecified atom stereocenters. The minimum Gasteiger partial charge on any atom is -0.274 e. The van der Waals surface area contributed by atoms with Crippen LogP contribution in [-0.2, 0) is 0 Å². The zero-order valence-corrected chi connectivity index (χ0v) is 13.9. The lowest BCUT2D eigenvalue weighted by Gasteiger charge is -2.26. The molecule has 4 heterocycles. The van der Waals surface area contributed by atoms with Gasteiger partial charge in [-0.25, -0.2) is 4.98 Å². The fraction of sp³-hybridized carbons (Fsp3) is 0.562. The number of allylic oxidation sites excluding steroid dienone is 1. The SMILES string of the molecule is CCCCC1=N[C@H]2Sc3c(ncn4nnnc34)[C@H]2C2=C1CCC2. The summed E-state index contributed by atoms with van der Waals surface area (Å²) in [7, 11) is 0. The number of aliphatic imine (C=N–C) groups is 1. The van der Waals surface area contributed by atoms with E-state index in [0.717, 1.165) is 22.7 Å². The molecule has 0 aromatic carbocycles. The maximum atomic E-state index is 5.13. The van der Waals surface area contributed by atoms with Gasteiger partial charge in [0.05, 0.1) is 16.5 Å². The molecule has 5 rings (SSSR count). The number of hydrogen-bond donors (Lipinski definition) is 0. The van der Waals surface area contributed by atoms with Crippen LogP contribution >= 0.6 is 11.8 Å². The van der Waals surface area contributed by atoms with Gasteiger partial charge in [0.2, 0.25) is 0 Å². The van der Waals surface area contributed by atoms with Gasteiger partial charge in [-0.15, -0.1) is 5.10 Å². The Morgan fingerprint density at radius 1 is 1.35 bits per heavy atom. The standard InChI is InChI=1S/C16H18N6S/c1-2-3-7-11-9-5-4-6-10(9)12-13-14(23-16(12)18-11)15-19-20-21-22(15)8-17-13/h8,12,16H,2-7H2,1H3/t12-,16+/m1/s1. The third kappa shape index (κ3) is 1.92. The first-order valence-electron chi connectivity index (χ1n) is 8.39. The maximum absolute atomic E-state index is 5.13. The van der Waals surface area contributed by atoms with Crippen molar-refractivity contribution in [3.8, 4) is 0 Å². The molecule has 0 amide bonds. The third-order valence-corrected chi connectivity index (χ3v) is 6.33. The van der Waals surface area contributed by atoms with E-state index in [1.54, 1.807) is 28.2 Å². The molecule has 2 atom stereocenters. The van der Waals surface area contributed by atoms with E-state index in [1.807, 2.05) is 0 Å². The predicted molar refractivity (Wildman–Crippen MR) is 88.8 cm³/mol. The van der Waals surface area contributed by atoms with Crippen LogP contribution in [0, 0.1) is 0 Å². The number of hydrogen-bond acceptors (Lipinski definition) is 6. The molecule has 23 heavy (non-hydrogen) atoms. The normalized spacial score (nSPS) is 25.5. The summed E-state index contributed by atoms with van der Waals surface area (Å²) in [5, 5.41) is 12.2. The highest BCUT2D eigenvalue weighted by molar-refractivity contribution is 8.00. The fourth-order valence-electron chi connectivity index (χ4n) is 4.04. The summed E-state index contributed by atoms with van der Waals surface area (Å²) in [6.45, 7) is 2.25. The average Bonchev–Trinajstić information content (AvgIpc) is 3.27. The number of thioether (sulfide) groups is 1.